The van der Waals surface area contributed by atoms with Crippen LogP contribution in [0.1, 0.15) is 36.3 Å². The molecule has 2 aromatic heterocycles. The first-order valence-corrected chi connectivity index (χ1v) is 8.20. The standard InChI is InChI=1S/C18H21N3O2/c22-17-16(15-2-1-6-19-11-15)10-18(20-17)4-7-21(8-5-18)12-14-3-9-23-13-14/h1-3,6,9,11,13,16H,4-5,7-8,10,12H2,(H,20,22)/t16-/m1/s1. The van der Waals surface area contributed by atoms with Crippen molar-refractivity contribution in [3.05, 3.63) is 54.2 Å². The molecule has 2 aromatic rings. The van der Waals surface area contributed by atoms with Gasteiger partial charge in [0.2, 0.25) is 5.91 Å². The maximum Gasteiger partial charge on any atom is 0.228 e. The number of nitrogens with one attached hydrogen (secondary N) is 1. The Balaban J connectivity index is 1.40. The van der Waals surface area contributed by atoms with Crippen LogP contribution in [0, 0.1) is 0 Å². The maximum absolute atomic E-state index is 12.4. The lowest BCUT2D eigenvalue weighted by atomic mass is 9.82. The van der Waals surface area contributed by atoms with Crippen LogP contribution in [0.2, 0.25) is 0 Å². The zero-order chi connectivity index (χ0) is 15.7. The Hall–Kier alpha value is -2.14. The third-order valence-corrected chi connectivity index (χ3v) is 5.19. The Morgan fingerprint density at radius 2 is 2.22 bits per heavy atom. The molecule has 2 aliphatic rings. The number of amides is 1. The summed E-state index contributed by atoms with van der Waals surface area (Å²) in [7, 11) is 0. The molecule has 5 heteroatoms. The molecule has 0 aromatic carbocycles. The van der Waals surface area contributed by atoms with Crippen LogP contribution in [0.25, 0.3) is 0 Å². The van der Waals surface area contributed by atoms with Crippen LogP contribution in [0.5, 0.6) is 0 Å². The number of carbonyl (C=O) groups excluding carboxylic acids is 1. The highest BCUT2D eigenvalue weighted by atomic mass is 16.3. The molecular weight excluding hydrogens is 290 g/mol. The quantitative estimate of drug-likeness (QED) is 0.945. The van der Waals surface area contributed by atoms with Gasteiger partial charge in [-0.3, -0.25) is 14.7 Å². The first kappa shape index (κ1) is 14.5. The molecule has 0 bridgehead atoms. The van der Waals surface area contributed by atoms with Crippen molar-refractivity contribution < 1.29 is 9.21 Å². The third-order valence-electron chi connectivity index (χ3n) is 5.19. The van der Waals surface area contributed by atoms with Gasteiger partial charge in [-0.25, -0.2) is 0 Å². The molecular formula is C18H21N3O2. The fraction of sp³-hybridized carbons (Fsp3) is 0.444. The second-order valence-corrected chi connectivity index (χ2v) is 6.72. The summed E-state index contributed by atoms with van der Waals surface area (Å²) in [5, 5.41) is 3.29. The van der Waals surface area contributed by atoms with Gasteiger partial charge in [0, 0.05) is 43.1 Å². The zero-order valence-electron chi connectivity index (χ0n) is 13.1. The predicted octanol–water partition coefficient (Wildman–Crippen LogP) is 2.31. The molecule has 0 unspecified atom stereocenters. The number of pyridine rings is 1. The lowest BCUT2D eigenvalue weighted by molar-refractivity contribution is -0.121. The van der Waals surface area contributed by atoms with E-state index in [4.69, 9.17) is 4.42 Å². The maximum atomic E-state index is 12.4. The summed E-state index contributed by atoms with van der Waals surface area (Å²) in [6, 6.07) is 5.92. The summed E-state index contributed by atoms with van der Waals surface area (Å²) in [5.74, 6) is 0.102. The summed E-state index contributed by atoms with van der Waals surface area (Å²) in [4.78, 5) is 19.0. The van der Waals surface area contributed by atoms with Gasteiger partial charge in [-0.05, 0) is 37.0 Å². The van der Waals surface area contributed by atoms with E-state index >= 15 is 0 Å². The number of aromatic nitrogens is 1. The number of nitrogens with zero attached hydrogens (tertiary/aromatic N) is 2. The first-order valence-electron chi connectivity index (χ1n) is 8.20. The number of hydrogen-bond acceptors (Lipinski definition) is 4. The van der Waals surface area contributed by atoms with E-state index < -0.39 is 0 Å². The molecule has 2 aliphatic heterocycles. The smallest absolute Gasteiger partial charge is 0.228 e. The van der Waals surface area contributed by atoms with E-state index in [1.165, 1.54) is 5.56 Å². The molecule has 2 fully saturated rings. The molecule has 0 saturated carbocycles. The van der Waals surface area contributed by atoms with Crippen molar-refractivity contribution in [3.63, 3.8) is 0 Å². The van der Waals surface area contributed by atoms with E-state index in [-0.39, 0.29) is 17.4 Å². The van der Waals surface area contributed by atoms with Gasteiger partial charge in [0.05, 0.1) is 18.4 Å². The second-order valence-electron chi connectivity index (χ2n) is 6.72. The summed E-state index contributed by atoms with van der Waals surface area (Å²) in [5.41, 5.74) is 2.21. The first-order chi connectivity index (χ1) is 11.2. The highest BCUT2D eigenvalue weighted by Gasteiger charge is 2.46. The van der Waals surface area contributed by atoms with Crippen LogP contribution in [0.3, 0.4) is 0 Å². The van der Waals surface area contributed by atoms with Gasteiger partial charge in [0.15, 0.2) is 0 Å². The topological polar surface area (TPSA) is 58.4 Å². The van der Waals surface area contributed by atoms with Crippen molar-refractivity contribution in [2.45, 2.75) is 37.3 Å². The molecule has 1 N–H and O–H groups in total. The Morgan fingerprint density at radius 1 is 1.35 bits per heavy atom. The van der Waals surface area contributed by atoms with Gasteiger partial charge >= 0.3 is 0 Å². The second kappa shape index (κ2) is 5.81. The Bertz CT molecular complexity index is 661. The number of carbonyl (C=O) groups is 1. The van der Waals surface area contributed by atoms with Crippen molar-refractivity contribution in [1.29, 1.82) is 0 Å². The molecule has 1 spiro atoms. The minimum Gasteiger partial charge on any atom is -0.472 e. The normalized spacial score (nSPS) is 24.0. The largest absolute Gasteiger partial charge is 0.472 e. The average Bonchev–Trinajstić information content (AvgIpc) is 3.19. The molecule has 1 amide bonds. The monoisotopic (exact) mass is 311 g/mol. The summed E-state index contributed by atoms with van der Waals surface area (Å²) in [6.45, 7) is 2.93. The van der Waals surface area contributed by atoms with Crippen LogP contribution in [0.15, 0.2) is 47.5 Å². The highest BCUT2D eigenvalue weighted by molar-refractivity contribution is 5.87. The highest BCUT2D eigenvalue weighted by Crippen LogP contribution is 2.39. The molecule has 120 valence electrons. The van der Waals surface area contributed by atoms with Crippen LogP contribution in [0.4, 0.5) is 0 Å². The molecule has 23 heavy (non-hydrogen) atoms. The van der Waals surface area contributed by atoms with Crippen molar-refractivity contribution in [2.24, 2.45) is 0 Å². The van der Waals surface area contributed by atoms with E-state index in [1.54, 1.807) is 18.7 Å². The van der Waals surface area contributed by atoms with Crippen LogP contribution in [-0.2, 0) is 11.3 Å². The number of furan rings is 1. The number of rotatable bonds is 3. The van der Waals surface area contributed by atoms with Crippen molar-refractivity contribution in [1.82, 2.24) is 15.2 Å². The van der Waals surface area contributed by atoms with Crippen LogP contribution < -0.4 is 5.32 Å². The predicted molar refractivity (Wildman–Crippen MR) is 85.7 cm³/mol. The SMILES string of the molecule is O=C1NC2(CCN(Cc3ccoc3)CC2)C[C@@H]1c1cccnc1. The van der Waals surface area contributed by atoms with E-state index in [0.717, 1.165) is 44.5 Å². The van der Waals surface area contributed by atoms with Gasteiger partial charge in [-0.2, -0.15) is 0 Å². The molecule has 2 saturated heterocycles. The number of piperidine rings is 1. The summed E-state index contributed by atoms with van der Waals surface area (Å²) in [6.07, 6.45) is 9.99. The Labute approximate surface area is 135 Å². The van der Waals surface area contributed by atoms with Crippen molar-refractivity contribution in [2.75, 3.05) is 13.1 Å². The Morgan fingerprint density at radius 3 is 2.91 bits per heavy atom. The summed E-state index contributed by atoms with van der Waals surface area (Å²) < 4.78 is 5.14. The molecule has 0 aliphatic carbocycles. The van der Waals surface area contributed by atoms with Gasteiger partial charge in [-0.15, -0.1) is 0 Å². The zero-order valence-corrected chi connectivity index (χ0v) is 13.1. The fourth-order valence-corrected chi connectivity index (χ4v) is 3.84. The van der Waals surface area contributed by atoms with Gasteiger partial charge in [-0.1, -0.05) is 6.07 Å². The lowest BCUT2D eigenvalue weighted by Crippen LogP contribution is -2.50. The minimum absolute atomic E-state index is 0.0372. The molecule has 1 atom stereocenters. The summed E-state index contributed by atoms with van der Waals surface area (Å²) >= 11 is 0. The van der Waals surface area contributed by atoms with Gasteiger partial charge in [0.1, 0.15) is 0 Å². The Kier molecular flexibility index (Phi) is 3.65. The van der Waals surface area contributed by atoms with E-state index in [0.29, 0.717) is 0 Å². The van der Waals surface area contributed by atoms with Crippen molar-refractivity contribution in [3.8, 4) is 0 Å². The van der Waals surface area contributed by atoms with Crippen LogP contribution in [-0.4, -0.2) is 34.4 Å². The van der Waals surface area contributed by atoms with E-state index in [2.05, 4.69) is 15.2 Å². The van der Waals surface area contributed by atoms with Gasteiger partial charge in [0.25, 0.3) is 0 Å². The fourth-order valence-electron chi connectivity index (χ4n) is 3.84. The lowest BCUT2D eigenvalue weighted by Gasteiger charge is -2.39. The molecule has 4 heterocycles. The third kappa shape index (κ3) is 2.88. The average molecular weight is 311 g/mol. The van der Waals surface area contributed by atoms with Gasteiger partial charge < -0.3 is 9.73 Å². The van der Waals surface area contributed by atoms with Crippen molar-refractivity contribution >= 4 is 5.91 Å². The number of hydrogen-bond donors (Lipinski definition) is 1. The molecule has 5 nitrogen and oxygen atoms in total. The van der Waals surface area contributed by atoms with E-state index in [1.807, 2.05) is 24.4 Å². The molecule has 0 radical (unpaired) electrons. The van der Waals surface area contributed by atoms with Crippen LogP contribution >= 0.6 is 0 Å². The van der Waals surface area contributed by atoms with E-state index in [9.17, 15) is 4.79 Å². The minimum atomic E-state index is -0.0517. The molecule has 4 rings (SSSR count). The number of likely N-dealkylation sites (tertiary alicyclic amines) is 1.